The van der Waals surface area contributed by atoms with E-state index in [4.69, 9.17) is 0 Å². The highest BCUT2D eigenvalue weighted by atomic mass is 14.9. The third-order valence-corrected chi connectivity index (χ3v) is 3.22. The number of rotatable bonds is 3. The van der Waals surface area contributed by atoms with Gasteiger partial charge in [0.25, 0.3) is 0 Å². The van der Waals surface area contributed by atoms with Gasteiger partial charge in [-0.3, -0.25) is 0 Å². The summed E-state index contributed by atoms with van der Waals surface area (Å²) in [5, 5.41) is 7.03. The maximum Gasteiger partial charge on any atom is 0.0208 e. The maximum absolute atomic E-state index is 3.53. The van der Waals surface area contributed by atoms with Crippen LogP contribution in [-0.2, 0) is 6.54 Å². The molecule has 1 heterocycles. The van der Waals surface area contributed by atoms with Gasteiger partial charge in [0, 0.05) is 31.6 Å². The first-order valence-corrected chi connectivity index (χ1v) is 6.20. The Morgan fingerprint density at radius 1 is 1.44 bits per heavy atom. The Morgan fingerprint density at radius 3 is 3.00 bits per heavy atom. The summed E-state index contributed by atoms with van der Waals surface area (Å²) >= 11 is 0. The highest BCUT2D eigenvalue weighted by Gasteiger charge is 2.19. The molecule has 1 aliphatic heterocycles. The standard InChI is InChI=1S/C14H22N2/c1-10(2)16-9-13-8-15-7-12-6-11(3)4-5-14(12)13/h4-6,10,13,15-16H,7-9H2,1-3H3. The molecule has 0 amide bonds. The third-order valence-electron chi connectivity index (χ3n) is 3.22. The van der Waals surface area contributed by atoms with Gasteiger partial charge < -0.3 is 10.6 Å². The summed E-state index contributed by atoms with van der Waals surface area (Å²) in [5.41, 5.74) is 4.36. The number of benzene rings is 1. The van der Waals surface area contributed by atoms with Gasteiger partial charge in [-0.15, -0.1) is 0 Å². The second-order valence-electron chi connectivity index (χ2n) is 5.09. The largest absolute Gasteiger partial charge is 0.314 e. The highest BCUT2D eigenvalue weighted by Crippen LogP contribution is 2.24. The van der Waals surface area contributed by atoms with Gasteiger partial charge in [0.05, 0.1) is 0 Å². The number of fused-ring (bicyclic) bond motifs is 1. The van der Waals surface area contributed by atoms with Crippen LogP contribution in [0.15, 0.2) is 18.2 Å². The lowest BCUT2D eigenvalue weighted by atomic mass is 9.89. The fourth-order valence-electron chi connectivity index (χ4n) is 2.34. The number of hydrogen-bond acceptors (Lipinski definition) is 2. The molecule has 1 aliphatic rings. The van der Waals surface area contributed by atoms with Gasteiger partial charge in [0.15, 0.2) is 0 Å². The Bertz CT molecular complexity index is 358. The maximum atomic E-state index is 3.53. The summed E-state index contributed by atoms with van der Waals surface area (Å²) in [6.07, 6.45) is 0. The zero-order valence-corrected chi connectivity index (χ0v) is 10.5. The topological polar surface area (TPSA) is 24.1 Å². The van der Waals surface area contributed by atoms with Crippen LogP contribution >= 0.6 is 0 Å². The number of aryl methyl sites for hydroxylation is 1. The van der Waals surface area contributed by atoms with E-state index in [-0.39, 0.29) is 0 Å². The summed E-state index contributed by atoms with van der Waals surface area (Å²) in [7, 11) is 0. The smallest absolute Gasteiger partial charge is 0.0208 e. The van der Waals surface area contributed by atoms with Gasteiger partial charge in [0.1, 0.15) is 0 Å². The lowest BCUT2D eigenvalue weighted by Gasteiger charge is -2.27. The molecule has 2 N–H and O–H groups in total. The summed E-state index contributed by atoms with van der Waals surface area (Å²) in [4.78, 5) is 0. The van der Waals surface area contributed by atoms with E-state index >= 15 is 0 Å². The van der Waals surface area contributed by atoms with E-state index in [0.29, 0.717) is 12.0 Å². The van der Waals surface area contributed by atoms with E-state index in [1.165, 1.54) is 16.7 Å². The predicted octanol–water partition coefficient (Wildman–Crippen LogP) is 2.18. The fraction of sp³-hybridized carbons (Fsp3) is 0.571. The molecule has 2 nitrogen and oxygen atoms in total. The Morgan fingerprint density at radius 2 is 2.25 bits per heavy atom. The highest BCUT2D eigenvalue weighted by molar-refractivity contribution is 5.36. The van der Waals surface area contributed by atoms with Gasteiger partial charge in [0.2, 0.25) is 0 Å². The molecule has 1 unspecified atom stereocenters. The molecule has 0 aromatic heterocycles. The minimum absolute atomic E-state index is 0.566. The molecule has 0 radical (unpaired) electrons. The number of hydrogen-bond donors (Lipinski definition) is 2. The van der Waals surface area contributed by atoms with Gasteiger partial charge in [-0.2, -0.15) is 0 Å². The zero-order chi connectivity index (χ0) is 11.5. The zero-order valence-electron chi connectivity index (χ0n) is 10.5. The third kappa shape index (κ3) is 2.63. The summed E-state index contributed by atoms with van der Waals surface area (Å²) < 4.78 is 0. The first-order chi connectivity index (χ1) is 7.66. The van der Waals surface area contributed by atoms with Crippen LogP contribution in [0.4, 0.5) is 0 Å². The van der Waals surface area contributed by atoms with Crippen LogP contribution in [0, 0.1) is 6.92 Å². The molecule has 0 saturated carbocycles. The molecule has 0 spiro atoms. The van der Waals surface area contributed by atoms with E-state index in [0.717, 1.165) is 19.6 Å². The van der Waals surface area contributed by atoms with Gasteiger partial charge in [-0.25, -0.2) is 0 Å². The molecule has 2 heteroatoms. The average Bonchev–Trinajstić information content (AvgIpc) is 2.25. The van der Waals surface area contributed by atoms with Crippen LogP contribution in [0.1, 0.15) is 36.5 Å². The SMILES string of the molecule is Cc1ccc2c(c1)CNCC2CNC(C)C. The molecule has 0 fully saturated rings. The van der Waals surface area contributed by atoms with Crippen LogP contribution in [0.2, 0.25) is 0 Å². The molecule has 16 heavy (non-hydrogen) atoms. The molecule has 1 aromatic rings. The van der Waals surface area contributed by atoms with E-state index in [2.05, 4.69) is 49.6 Å². The lowest BCUT2D eigenvalue weighted by molar-refractivity contribution is 0.478. The Labute approximate surface area is 98.4 Å². The van der Waals surface area contributed by atoms with Crippen molar-refractivity contribution in [3.8, 4) is 0 Å². The van der Waals surface area contributed by atoms with Crippen molar-refractivity contribution in [3.05, 3.63) is 34.9 Å². The average molecular weight is 218 g/mol. The summed E-state index contributed by atoms with van der Waals surface area (Å²) in [6.45, 7) is 9.75. The van der Waals surface area contributed by atoms with E-state index in [1.54, 1.807) is 0 Å². The van der Waals surface area contributed by atoms with Crippen LogP contribution in [-0.4, -0.2) is 19.1 Å². The summed E-state index contributed by atoms with van der Waals surface area (Å²) in [5.74, 6) is 0.617. The van der Waals surface area contributed by atoms with Crippen LogP contribution in [0.25, 0.3) is 0 Å². The molecule has 0 bridgehead atoms. The minimum Gasteiger partial charge on any atom is -0.314 e. The minimum atomic E-state index is 0.566. The van der Waals surface area contributed by atoms with Gasteiger partial charge >= 0.3 is 0 Å². The van der Waals surface area contributed by atoms with Gasteiger partial charge in [-0.05, 0) is 18.1 Å². The molecule has 2 rings (SSSR count). The van der Waals surface area contributed by atoms with E-state index < -0.39 is 0 Å². The predicted molar refractivity (Wildman–Crippen MR) is 68.8 cm³/mol. The molecule has 88 valence electrons. The molecule has 1 atom stereocenters. The molecule has 0 aliphatic carbocycles. The van der Waals surface area contributed by atoms with E-state index in [1.807, 2.05) is 0 Å². The van der Waals surface area contributed by atoms with Crippen molar-refractivity contribution in [1.82, 2.24) is 10.6 Å². The second kappa shape index (κ2) is 4.98. The number of nitrogens with one attached hydrogen (secondary N) is 2. The van der Waals surface area contributed by atoms with Crippen molar-refractivity contribution >= 4 is 0 Å². The van der Waals surface area contributed by atoms with Crippen LogP contribution < -0.4 is 10.6 Å². The van der Waals surface area contributed by atoms with Crippen molar-refractivity contribution in [1.29, 1.82) is 0 Å². The molecular formula is C14H22N2. The first kappa shape index (κ1) is 11.6. The molecular weight excluding hydrogens is 196 g/mol. The van der Waals surface area contributed by atoms with Gasteiger partial charge in [-0.1, -0.05) is 37.6 Å². The van der Waals surface area contributed by atoms with Crippen molar-refractivity contribution in [3.63, 3.8) is 0 Å². The molecule has 1 aromatic carbocycles. The first-order valence-electron chi connectivity index (χ1n) is 6.20. The monoisotopic (exact) mass is 218 g/mol. The van der Waals surface area contributed by atoms with Crippen molar-refractivity contribution in [2.45, 2.75) is 39.3 Å². The summed E-state index contributed by atoms with van der Waals surface area (Å²) in [6, 6.07) is 7.41. The normalized spacial score (nSPS) is 19.9. The Balaban J connectivity index is 2.13. The van der Waals surface area contributed by atoms with E-state index in [9.17, 15) is 0 Å². The van der Waals surface area contributed by atoms with Crippen molar-refractivity contribution in [2.24, 2.45) is 0 Å². The van der Waals surface area contributed by atoms with Crippen LogP contribution in [0.5, 0.6) is 0 Å². The van der Waals surface area contributed by atoms with Crippen LogP contribution in [0.3, 0.4) is 0 Å². The van der Waals surface area contributed by atoms with Crippen molar-refractivity contribution in [2.75, 3.05) is 13.1 Å². The quantitative estimate of drug-likeness (QED) is 0.812. The van der Waals surface area contributed by atoms with Crippen molar-refractivity contribution < 1.29 is 0 Å². The second-order valence-corrected chi connectivity index (χ2v) is 5.09. The lowest BCUT2D eigenvalue weighted by Crippen LogP contribution is -2.36. The molecule has 0 saturated heterocycles. The Hall–Kier alpha value is -0.860. The fourth-order valence-corrected chi connectivity index (χ4v) is 2.34. The Kier molecular flexibility index (Phi) is 3.62.